The molecule has 1 aliphatic carbocycles. The van der Waals surface area contributed by atoms with Crippen LogP contribution in [0.2, 0.25) is 0 Å². The number of amides is 1. The maximum atomic E-state index is 12.4. The Bertz CT molecular complexity index is 641. The van der Waals surface area contributed by atoms with Crippen LogP contribution >= 0.6 is 15.9 Å². The summed E-state index contributed by atoms with van der Waals surface area (Å²) in [4.78, 5) is 12.4. The lowest BCUT2D eigenvalue weighted by atomic mass is 10.1. The Hall–Kier alpha value is -1.61. The van der Waals surface area contributed by atoms with Crippen LogP contribution in [-0.2, 0) is 17.6 Å². The van der Waals surface area contributed by atoms with Crippen molar-refractivity contribution in [3.05, 3.63) is 63.6 Å². The predicted molar refractivity (Wildman–Crippen MR) is 84.8 cm³/mol. The van der Waals surface area contributed by atoms with Gasteiger partial charge in [-0.3, -0.25) is 4.79 Å². The van der Waals surface area contributed by atoms with Crippen LogP contribution in [-0.4, -0.2) is 5.91 Å². The van der Waals surface area contributed by atoms with Crippen LogP contribution in [0.25, 0.3) is 0 Å². The smallest absolute Gasteiger partial charge is 0.228 e. The van der Waals surface area contributed by atoms with Crippen LogP contribution < -0.4 is 5.32 Å². The molecule has 1 N–H and O–H groups in total. The SMILES string of the molecule is Cc1c(Br)cccc1NC(=O)C1Cc2ccccc2C1. The first-order valence-corrected chi connectivity index (χ1v) is 7.57. The van der Waals surface area contributed by atoms with Gasteiger partial charge in [0.1, 0.15) is 0 Å². The average molecular weight is 330 g/mol. The standard InChI is InChI=1S/C17H16BrNO/c1-11-15(18)7-4-8-16(11)19-17(20)14-9-12-5-2-3-6-13(12)10-14/h2-8,14H,9-10H2,1H3,(H,19,20). The molecule has 3 rings (SSSR count). The average Bonchev–Trinajstić information content (AvgIpc) is 2.88. The third kappa shape index (κ3) is 2.50. The third-order valence-electron chi connectivity index (χ3n) is 3.95. The summed E-state index contributed by atoms with van der Waals surface area (Å²) in [5.74, 6) is 0.160. The fourth-order valence-corrected chi connectivity index (χ4v) is 3.09. The van der Waals surface area contributed by atoms with Crippen molar-refractivity contribution in [1.29, 1.82) is 0 Å². The van der Waals surface area contributed by atoms with Gasteiger partial charge >= 0.3 is 0 Å². The van der Waals surface area contributed by atoms with E-state index in [1.165, 1.54) is 11.1 Å². The molecule has 3 heteroatoms. The summed E-state index contributed by atoms with van der Waals surface area (Å²) in [5.41, 5.74) is 4.56. The van der Waals surface area contributed by atoms with Gasteiger partial charge in [-0.2, -0.15) is 0 Å². The predicted octanol–water partition coefficient (Wildman–Crippen LogP) is 4.11. The molecule has 0 aliphatic heterocycles. The molecule has 0 unspecified atom stereocenters. The molecule has 0 bridgehead atoms. The van der Waals surface area contributed by atoms with Crippen molar-refractivity contribution >= 4 is 27.5 Å². The number of fused-ring (bicyclic) bond motifs is 1. The summed E-state index contributed by atoms with van der Waals surface area (Å²) < 4.78 is 1.02. The second-order valence-corrected chi connectivity index (χ2v) is 6.13. The number of benzene rings is 2. The molecule has 0 heterocycles. The first-order chi connectivity index (χ1) is 9.65. The lowest BCUT2D eigenvalue weighted by molar-refractivity contribution is -0.119. The zero-order valence-corrected chi connectivity index (χ0v) is 12.9. The Balaban J connectivity index is 1.74. The fourth-order valence-electron chi connectivity index (χ4n) is 2.72. The van der Waals surface area contributed by atoms with Crippen LogP contribution in [0, 0.1) is 12.8 Å². The maximum absolute atomic E-state index is 12.4. The highest BCUT2D eigenvalue weighted by molar-refractivity contribution is 9.10. The number of rotatable bonds is 2. The van der Waals surface area contributed by atoms with Crippen molar-refractivity contribution in [3.8, 4) is 0 Å². The van der Waals surface area contributed by atoms with Gasteiger partial charge in [-0.15, -0.1) is 0 Å². The van der Waals surface area contributed by atoms with Gasteiger partial charge in [0.25, 0.3) is 0 Å². The molecule has 0 saturated heterocycles. The molecular formula is C17H16BrNO. The summed E-state index contributed by atoms with van der Waals surface area (Å²) in [6.07, 6.45) is 1.68. The summed E-state index contributed by atoms with van der Waals surface area (Å²) in [7, 11) is 0. The Morgan fingerprint density at radius 2 is 1.75 bits per heavy atom. The fraction of sp³-hybridized carbons (Fsp3) is 0.235. The zero-order valence-electron chi connectivity index (χ0n) is 11.3. The highest BCUT2D eigenvalue weighted by Gasteiger charge is 2.27. The highest BCUT2D eigenvalue weighted by atomic mass is 79.9. The molecule has 0 atom stereocenters. The number of anilines is 1. The van der Waals surface area contributed by atoms with Gasteiger partial charge in [-0.1, -0.05) is 46.3 Å². The summed E-state index contributed by atoms with van der Waals surface area (Å²) in [6.45, 7) is 2.00. The molecule has 0 fully saturated rings. The van der Waals surface area contributed by atoms with Crippen LogP contribution in [0.5, 0.6) is 0 Å². The molecule has 102 valence electrons. The van der Waals surface area contributed by atoms with Gasteiger partial charge in [0.15, 0.2) is 0 Å². The van der Waals surface area contributed by atoms with Gasteiger partial charge in [0, 0.05) is 16.1 Å². The van der Waals surface area contributed by atoms with Crippen LogP contribution in [0.3, 0.4) is 0 Å². The second kappa shape index (κ2) is 5.41. The number of hydrogen-bond donors (Lipinski definition) is 1. The van der Waals surface area contributed by atoms with Gasteiger partial charge < -0.3 is 5.32 Å². The van der Waals surface area contributed by atoms with Gasteiger partial charge in [-0.05, 0) is 48.6 Å². The Labute approximate surface area is 127 Å². The Kier molecular flexibility index (Phi) is 3.62. The quantitative estimate of drug-likeness (QED) is 0.882. The Morgan fingerprint density at radius 1 is 1.10 bits per heavy atom. The van der Waals surface area contributed by atoms with E-state index < -0.39 is 0 Å². The third-order valence-corrected chi connectivity index (χ3v) is 4.81. The normalized spacial score (nSPS) is 14.1. The van der Waals surface area contributed by atoms with Crippen molar-refractivity contribution in [3.63, 3.8) is 0 Å². The van der Waals surface area contributed by atoms with Crippen LogP contribution in [0.15, 0.2) is 46.9 Å². The van der Waals surface area contributed by atoms with Gasteiger partial charge in [0.2, 0.25) is 5.91 Å². The first-order valence-electron chi connectivity index (χ1n) is 6.78. The molecule has 1 amide bonds. The summed E-state index contributed by atoms with van der Waals surface area (Å²) in [5, 5.41) is 3.06. The minimum absolute atomic E-state index is 0.0470. The highest BCUT2D eigenvalue weighted by Crippen LogP contribution is 2.29. The maximum Gasteiger partial charge on any atom is 0.228 e. The van der Waals surface area contributed by atoms with Crippen molar-refractivity contribution in [1.82, 2.24) is 0 Å². The van der Waals surface area contributed by atoms with E-state index in [0.717, 1.165) is 28.6 Å². The second-order valence-electron chi connectivity index (χ2n) is 5.28. The molecule has 2 aromatic carbocycles. The molecular weight excluding hydrogens is 314 g/mol. The topological polar surface area (TPSA) is 29.1 Å². The lowest BCUT2D eigenvalue weighted by Crippen LogP contribution is -2.23. The van der Waals surface area contributed by atoms with Gasteiger partial charge in [-0.25, -0.2) is 0 Å². The summed E-state index contributed by atoms with van der Waals surface area (Å²) >= 11 is 3.49. The van der Waals surface area contributed by atoms with Crippen LogP contribution in [0.4, 0.5) is 5.69 Å². The summed E-state index contributed by atoms with van der Waals surface area (Å²) in [6, 6.07) is 14.2. The van der Waals surface area contributed by atoms with E-state index in [1.54, 1.807) is 0 Å². The molecule has 2 aromatic rings. The molecule has 0 radical (unpaired) electrons. The largest absolute Gasteiger partial charge is 0.326 e. The van der Waals surface area contributed by atoms with Crippen molar-refractivity contribution in [2.24, 2.45) is 5.92 Å². The van der Waals surface area contributed by atoms with E-state index in [-0.39, 0.29) is 11.8 Å². The molecule has 0 spiro atoms. The van der Waals surface area contributed by atoms with Crippen LogP contribution in [0.1, 0.15) is 16.7 Å². The first kappa shape index (κ1) is 13.4. The van der Waals surface area contributed by atoms with E-state index in [1.807, 2.05) is 37.3 Å². The van der Waals surface area contributed by atoms with E-state index in [0.29, 0.717) is 0 Å². The number of hydrogen-bond acceptors (Lipinski definition) is 1. The monoisotopic (exact) mass is 329 g/mol. The van der Waals surface area contributed by atoms with Crippen molar-refractivity contribution in [2.45, 2.75) is 19.8 Å². The minimum atomic E-state index is 0.0470. The number of carbonyl (C=O) groups excluding carboxylic acids is 1. The number of nitrogens with one attached hydrogen (secondary N) is 1. The van der Waals surface area contributed by atoms with Crippen molar-refractivity contribution in [2.75, 3.05) is 5.32 Å². The molecule has 1 aliphatic rings. The molecule has 0 saturated carbocycles. The van der Waals surface area contributed by atoms with E-state index in [9.17, 15) is 4.79 Å². The molecule has 20 heavy (non-hydrogen) atoms. The lowest BCUT2D eigenvalue weighted by Gasteiger charge is -2.13. The molecule has 0 aromatic heterocycles. The van der Waals surface area contributed by atoms with E-state index >= 15 is 0 Å². The Morgan fingerprint density at radius 3 is 2.40 bits per heavy atom. The van der Waals surface area contributed by atoms with E-state index in [4.69, 9.17) is 0 Å². The van der Waals surface area contributed by atoms with E-state index in [2.05, 4.69) is 33.4 Å². The van der Waals surface area contributed by atoms with Crippen molar-refractivity contribution < 1.29 is 4.79 Å². The minimum Gasteiger partial charge on any atom is -0.326 e. The number of halogens is 1. The molecule has 2 nitrogen and oxygen atoms in total. The van der Waals surface area contributed by atoms with Gasteiger partial charge in [0.05, 0.1) is 0 Å². The zero-order chi connectivity index (χ0) is 14.1. The number of carbonyl (C=O) groups is 1.